The predicted molar refractivity (Wildman–Crippen MR) is 30.1 cm³/mol. The summed E-state index contributed by atoms with van der Waals surface area (Å²) in [5.74, 6) is 0.127. The molecule has 0 aliphatic rings. The monoisotopic (exact) mass is 98.1 g/mol. The van der Waals surface area contributed by atoms with Crippen molar-refractivity contribution in [2.24, 2.45) is 0 Å². The van der Waals surface area contributed by atoms with Crippen molar-refractivity contribution < 1.29 is 4.79 Å². The normalized spacial score (nSPS) is 10.0. The van der Waals surface area contributed by atoms with E-state index in [1.54, 1.807) is 13.0 Å². The Balaban J connectivity index is 3.26. The third kappa shape index (κ3) is 5.41. The van der Waals surface area contributed by atoms with Crippen molar-refractivity contribution in [3.05, 3.63) is 12.2 Å². The van der Waals surface area contributed by atoms with E-state index < -0.39 is 0 Å². The van der Waals surface area contributed by atoms with E-state index in [1.165, 1.54) is 0 Å². The van der Waals surface area contributed by atoms with Crippen molar-refractivity contribution in [3.63, 3.8) is 0 Å². The Hall–Kier alpha value is -0.590. The Morgan fingerprint density at radius 3 is 2.43 bits per heavy atom. The van der Waals surface area contributed by atoms with Crippen LogP contribution in [-0.4, -0.2) is 5.78 Å². The minimum Gasteiger partial charge on any atom is -0.295 e. The van der Waals surface area contributed by atoms with Gasteiger partial charge in [0, 0.05) is 0 Å². The molecular weight excluding hydrogens is 88.1 g/mol. The molecule has 7 heavy (non-hydrogen) atoms. The van der Waals surface area contributed by atoms with Gasteiger partial charge in [-0.15, -0.1) is 0 Å². The molecule has 0 unspecified atom stereocenters. The maximum absolute atomic E-state index is 10.1. The molecule has 1 heteroatoms. The fraction of sp³-hybridized carbons (Fsp3) is 0.500. The van der Waals surface area contributed by atoms with Crippen molar-refractivity contribution in [2.75, 3.05) is 0 Å². The lowest BCUT2D eigenvalue weighted by atomic mass is 10.3. The highest BCUT2D eigenvalue weighted by molar-refractivity contribution is 5.87. The van der Waals surface area contributed by atoms with Gasteiger partial charge in [0.15, 0.2) is 5.78 Å². The van der Waals surface area contributed by atoms with Gasteiger partial charge < -0.3 is 0 Å². The largest absolute Gasteiger partial charge is 0.295 e. The molecule has 0 atom stereocenters. The van der Waals surface area contributed by atoms with Gasteiger partial charge in [0.05, 0.1) is 0 Å². The van der Waals surface area contributed by atoms with Crippen LogP contribution >= 0.6 is 0 Å². The third-order valence-electron chi connectivity index (χ3n) is 0.588. The highest BCUT2D eigenvalue weighted by atomic mass is 16.1. The fourth-order valence-corrected chi connectivity index (χ4v) is 0.284. The van der Waals surface area contributed by atoms with Crippen LogP contribution in [0.1, 0.15) is 20.3 Å². The van der Waals surface area contributed by atoms with Crippen LogP contribution in [0.15, 0.2) is 12.2 Å². The molecule has 0 aromatic heterocycles. The van der Waals surface area contributed by atoms with Crippen LogP contribution < -0.4 is 0 Å². The topological polar surface area (TPSA) is 17.1 Å². The average molecular weight is 98.1 g/mol. The molecule has 0 N–H and O–H groups in total. The van der Waals surface area contributed by atoms with E-state index in [-0.39, 0.29) is 5.78 Å². The average Bonchev–Trinajstić information content (AvgIpc) is 1.61. The summed E-state index contributed by atoms with van der Waals surface area (Å²) in [5, 5.41) is 0. The lowest BCUT2D eigenvalue weighted by molar-refractivity contribution is -0.112. The Morgan fingerprint density at radius 1 is 1.71 bits per heavy atom. The lowest BCUT2D eigenvalue weighted by Gasteiger charge is -1.73. The van der Waals surface area contributed by atoms with Gasteiger partial charge >= 0.3 is 0 Å². The first-order valence-electron chi connectivity index (χ1n) is 2.44. The number of rotatable bonds is 2. The first-order valence-corrected chi connectivity index (χ1v) is 2.44. The van der Waals surface area contributed by atoms with E-state index in [1.807, 2.05) is 13.0 Å². The van der Waals surface area contributed by atoms with Gasteiger partial charge in [0.1, 0.15) is 0 Å². The van der Waals surface area contributed by atoms with Crippen LogP contribution in [0.2, 0.25) is 0 Å². The van der Waals surface area contributed by atoms with E-state index >= 15 is 0 Å². The third-order valence-corrected chi connectivity index (χ3v) is 0.588. The number of carbonyl (C=O) groups excluding carboxylic acids is 1. The number of carbonyl (C=O) groups is 1. The molecule has 0 aromatic rings. The molecule has 40 valence electrons. The van der Waals surface area contributed by atoms with Crippen molar-refractivity contribution >= 4 is 5.78 Å². The zero-order chi connectivity index (χ0) is 5.70. The molecule has 0 aliphatic heterocycles. The Morgan fingerprint density at radius 2 is 2.29 bits per heavy atom. The lowest BCUT2D eigenvalue weighted by Crippen LogP contribution is -1.77. The number of ketones is 1. The molecule has 1 nitrogen and oxygen atoms in total. The molecule has 0 bridgehead atoms. The van der Waals surface area contributed by atoms with Gasteiger partial charge in [0.25, 0.3) is 0 Å². The van der Waals surface area contributed by atoms with Crippen molar-refractivity contribution in [1.29, 1.82) is 0 Å². The Labute approximate surface area is 44.0 Å². The summed E-state index contributed by atoms with van der Waals surface area (Å²) >= 11 is 0. The molecule has 0 aromatic carbocycles. The van der Waals surface area contributed by atoms with E-state index in [0.29, 0.717) is 0 Å². The second-order valence-electron chi connectivity index (χ2n) is 1.42. The summed E-state index contributed by atoms with van der Waals surface area (Å²) in [5.41, 5.74) is 0. The molecular formula is C6H10O. The summed E-state index contributed by atoms with van der Waals surface area (Å²) in [6.45, 7) is 3.55. The van der Waals surface area contributed by atoms with Crippen LogP contribution in [0, 0.1) is 0 Å². The van der Waals surface area contributed by atoms with Gasteiger partial charge in [-0.1, -0.05) is 13.0 Å². The van der Waals surface area contributed by atoms with E-state index in [2.05, 4.69) is 0 Å². The molecule has 0 aliphatic carbocycles. The van der Waals surface area contributed by atoms with Crippen LogP contribution in [-0.2, 0) is 4.79 Å². The molecule has 0 saturated heterocycles. The predicted octanol–water partition coefficient (Wildman–Crippen LogP) is 1.54. The Bertz CT molecular complexity index is 82.2. The standard InChI is InChI=1S/C6H10O/c1-3-4-5-6(2)7/h4-5H,3H2,1-2H3. The van der Waals surface area contributed by atoms with Crippen LogP contribution in [0.4, 0.5) is 0 Å². The first kappa shape index (κ1) is 6.41. The van der Waals surface area contributed by atoms with Gasteiger partial charge in [-0.05, 0) is 19.4 Å². The number of hydrogen-bond acceptors (Lipinski definition) is 1. The Kier molecular flexibility index (Phi) is 3.29. The molecule has 0 fully saturated rings. The highest BCUT2D eigenvalue weighted by Crippen LogP contribution is 1.78. The van der Waals surface area contributed by atoms with Crippen LogP contribution in [0.3, 0.4) is 0 Å². The van der Waals surface area contributed by atoms with E-state index in [0.717, 1.165) is 6.42 Å². The smallest absolute Gasteiger partial charge is 0.152 e. The van der Waals surface area contributed by atoms with Crippen LogP contribution in [0.5, 0.6) is 0 Å². The fourth-order valence-electron chi connectivity index (χ4n) is 0.284. The number of hydrogen-bond donors (Lipinski definition) is 0. The summed E-state index contributed by atoms with van der Waals surface area (Å²) in [7, 11) is 0. The van der Waals surface area contributed by atoms with Gasteiger partial charge in [-0.3, -0.25) is 4.79 Å². The summed E-state index contributed by atoms with van der Waals surface area (Å²) in [4.78, 5) is 10.1. The first-order chi connectivity index (χ1) is 3.27. The molecule has 0 spiro atoms. The van der Waals surface area contributed by atoms with E-state index in [4.69, 9.17) is 0 Å². The van der Waals surface area contributed by atoms with Gasteiger partial charge in [0.2, 0.25) is 0 Å². The van der Waals surface area contributed by atoms with Crippen molar-refractivity contribution in [3.8, 4) is 0 Å². The minimum absolute atomic E-state index is 0.127. The zero-order valence-electron chi connectivity index (χ0n) is 4.77. The van der Waals surface area contributed by atoms with Gasteiger partial charge in [-0.2, -0.15) is 0 Å². The maximum Gasteiger partial charge on any atom is 0.152 e. The highest BCUT2D eigenvalue weighted by Gasteiger charge is 1.75. The molecule has 0 amide bonds. The van der Waals surface area contributed by atoms with Crippen LogP contribution in [0.25, 0.3) is 0 Å². The molecule has 0 radical (unpaired) electrons. The van der Waals surface area contributed by atoms with Crippen molar-refractivity contribution in [1.82, 2.24) is 0 Å². The molecule has 0 saturated carbocycles. The maximum atomic E-state index is 10.1. The van der Waals surface area contributed by atoms with Crippen molar-refractivity contribution in [2.45, 2.75) is 20.3 Å². The van der Waals surface area contributed by atoms with E-state index in [9.17, 15) is 4.79 Å². The second-order valence-corrected chi connectivity index (χ2v) is 1.42. The SMILES string of the molecule is CCC=CC(C)=O. The summed E-state index contributed by atoms with van der Waals surface area (Å²) in [6.07, 6.45) is 4.38. The molecule has 0 heterocycles. The van der Waals surface area contributed by atoms with Gasteiger partial charge in [-0.25, -0.2) is 0 Å². The summed E-state index contributed by atoms with van der Waals surface area (Å²) in [6, 6.07) is 0. The minimum atomic E-state index is 0.127. The zero-order valence-corrected chi connectivity index (χ0v) is 4.77. The second kappa shape index (κ2) is 3.59. The summed E-state index contributed by atoms with van der Waals surface area (Å²) < 4.78 is 0. The number of allylic oxidation sites excluding steroid dienone is 2. The molecule has 0 rings (SSSR count). The quantitative estimate of drug-likeness (QED) is 0.479.